The lowest BCUT2D eigenvalue weighted by molar-refractivity contribution is 0.0942. The normalized spacial score (nSPS) is 14.2. The summed E-state index contributed by atoms with van der Waals surface area (Å²) in [6, 6.07) is 2.66. The molecule has 0 radical (unpaired) electrons. The first-order valence-corrected chi connectivity index (χ1v) is 6.52. The molecule has 0 spiro atoms. The summed E-state index contributed by atoms with van der Waals surface area (Å²) in [7, 11) is 0. The van der Waals surface area contributed by atoms with Gasteiger partial charge >= 0.3 is 0 Å². The number of aromatic nitrogens is 4. The number of hydrogen-bond donors (Lipinski definition) is 1. The van der Waals surface area contributed by atoms with E-state index in [1.54, 1.807) is 6.33 Å². The highest BCUT2D eigenvalue weighted by Gasteiger charge is 2.28. The molecule has 20 heavy (non-hydrogen) atoms. The van der Waals surface area contributed by atoms with E-state index < -0.39 is 11.7 Å². The highest BCUT2D eigenvalue weighted by atomic mass is 19.1. The minimum absolute atomic E-state index is 0.182. The van der Waals surface area contributed by atoms with Crippen LogP contribution in [-0.2, 0) is 6.54 Å². The Morgan fingerprint density at radius 2 is 2.35 bits per heavy atom. The Balaban J connectivity index is 1.56. The van der Waals surface area contributed by atoms with Crippen LogP contribution in [0.25, 0.3) is 0 Å². The number of halogens is 1. The van der Waals surface area contributed by atoms with Crippen molar-refractivity contribution in [2.75, 3.05) is 6.54 Å². The second-order valence-corrected chi connectivity index (χ2v) is 4.75. The molecule has 1 saturated carbocycles. The van der Waals surface area contributed by atoms with E-state index in [2.05, 4.69) is 20.5 Å². The average Bonchev–Trinajstić information content (AvgIpc) is 3.19. The fraction of sp³-hybridized carbons (Fsp3) is 0.385. The summed E-state index contributed by atoms with van der Waals surface area (Å²) >= 11 is 0. The van der Waals surface area contributed by atoms with Crippen LogP contribution >= 0.6 is 0 Å². The second kappa shape index (κ2) is 5.36. The Hall–Kier alpha value is -2.31. The third kappa shape index (κ3) is 2.66. The molecule has 0 atom stereocenters. The standard InChI is InChI=1S/C13H14FN5O/c14-10-2-1-5-15-11(10)13(20)16-6-7-19-8-17-18-12(19)9-3-4-9/h1-2,5,8-9H,3-4,6-7H2,(H,16,20). The molecule has 0 saturated heterocycles. The summed E-state index contributed by atoms with van der Waals surface area (Å²) in [6.07, 6.45) is 5.33. The zero-order valence-electron chi connectivity index (χ0n) is 10.8. The zero-order valence-corrected chi connectivity index (χ0v) is 10.8. The molecular weight excluding hydrogens is 261 g/mol. The van der Waals surface area contributed by atoms with Gasteiger partial charge in [-0.2, -0.15) is 0 Å². The van der Waals surface area contributed by atoms with Crippen LogP contribution in [0.2, 0.25) is 0 Å². The zero-order chi connectivity index (χ0) is 13.9. The van der Waals surface area contributed by atoms with E-state index in [-0.39, 0.29) is 5.69 Å². The van der Waals surface area contributed by atoms with Crippen molar-refractivity contribution in [2.45, 2.75) is 25.3 Å². The van der Waals surface area contributed by atoms with E-state index in [1.165, 1.54) is 18.3 Å². The van der Waals surface area contributed by atoms with Gasteiger partial charge in [0.25, 0.3) is 5.91 Å². The summed E-state index contributed by atoms with van der Waals surface area (Å²) in [4.78, 5) is 15.5. The monoisotopic (exact) mass is 275 g/mol. The van der Waals surface area contributed by atoms with Gasteiger partial charge in [0.2, 0.25) is 0 Å². The van der Waals surface area contributed by atoms with Gasteiger partial charge in [-0.05, 0) is 25.0 Å². The molecule has 1 aliphatic rings. The van der Waals surface area contributed by atoms with Crippen LogP contribution in [0.4, 0.5) is 4.39 Å². The maximum Gasteiger partial charge on any atom is 0.272 e. The summed E-state index contributed by atoms with van der Waals surface area (Å²) in [5.74, 6) is 0.335. The van der Waals surface area contributed by atoms with Crippen molar-refractivity contribution in [2.24, 2.45) is 0 Å². The number of nitrogens with one attached hydrogen (secondary N) is 1. The van der Waals surface area contributed by atoms with Crippen LogP contribution in [0, 0.1) is 5.82 Å². The Morgan fingerprint density at radius 1 is 1.50 bits per heavy atom. The molecule has 1 N–H and O–H groups in total. The molecule has 1 aliphatic carbocycles. The van der Waals surface area contributed by atoms with Gasteiger partial charge in [-0.3, -0.25) is 4.79 Å². The molecule has 2 aromatic heterocycles. The molecule has 2 aromatic rings. The number of carbonyl (C=O) groups excluding carboxylic acids is 1. The number of carbonyl (C=O) groups is 1. The van der Waals surface area contributed by atoms with Gasteiger partial charge in [0, 0.05) is 25.2 Å². The number of hydrogen-bond acceptors (Lipinski definition) is 4. The first kappa shape index (κ1) is 12.7. The maximum absolute atomic E-state index is 13.4. The van der Waals surface area contributed by atoms with Crippen molar-refractivity contribution < 1.29 is 9.18 Å². The Morgan fingerprint density at radius 3 is 3.10 bits per heavy atom. The van der Waals surface area contributed by atoms with E-state index in [0.717, 1.165) is 18.7 Å². The van der Waals surface area contributed by atoms with Crippen molar-refractivity contribution in [1.82, 2.24) is 25.1 Å². The predicted molar refractivity (Wildman–Crippen MR) is 68.5 cm³/mol. The average molecular weight is 275 g/mol. The molecule has 1 amide bonds. The molecule has 6 nitrogen and oxygen atoms in total. The molecule has 0 aromatic carbocycles. The third-order valence-corrected chi connectivity index (χ3v) is 3.20. The second-order valence-electron chi connectivity index (χ2n) is 4.75. The van der Waals surface area contributed by atoms with E-state index in [1.807, 2.05) is 4.57 Å². The van der Waals surface area contributed by atoms with Gasteiger partial charge in [-0.25, -0.2) is 9.37 Å². The van der Waals surface area contributed by atoms with E-state index in [0.29, 0.717) is 19.0 Å². The quantitative estimate of drug-likeness (QED) is 0.887. The Labute approximate surface area is 115 Å². The van der Waals surface area contributed by atoms with Crippen LogP contribution in [0.15, 0.2) is 24.7 Å². The summed E-state index contributed by atoms with van der Waals surface area (Å²) in [6.45, 7) is 0.950. The highest BCUT2D eigenvalue weighted by molar-refractivity contribution is 5.92. The van der Waals surface area contributed by atoms with Crippen LogP contribution in [0.5, 0.6) is 0 Å². The number of rotatable bonds is 5. The topological polar surface area (TPSA) is 72.7 Å². The maximum atomic E-state index is 13.4. The number of pyridine rings is 1. The van der Waals surface area contributed by atoms with E-state index in [9.17, 15) is 9.18 Å². The fourth-order valence-corrected chi connectivity index (χ4v) is 2.02. The van der Waals surface area contributed by atoms with Gasteiger partial charge in [0.05, 0.1) is 0 Å². The van der Waals surface area contributed by atoms with E-state index in [4.69, 9.17) is 0 Å². The van der Waals surface area contributed by atoms with Crippen molar-refractivity contribution in [3.63, 3.8) is 0 Å². The molecule has 104 valence electrons. The lowest BCUT2D eigenvalue weighted by Crippen LogP contribution is -2.29. The number of amides is 1. The highest BCUT2D eigenvalue weighted by Crippen LogP contribution is 2.38. The molecular formula is C13H14FN5O. The lowest BCUT2D eigenvalue weighted by atomic mass is 10.3. The van der Waals surface area contributed by atoms with Gasteiger partial charge in [-0.1, -0.05) is 0 Å². The van der Waals surface area contributed by atoms with Crippen LogP contribution in [0.3, 0.4) is 0 Å². The summed E-state index contributed by atoms with van der Waals surface area (Å²) in [5.41, 5.74) is -0.182. The number of nitrogens with zero attached hydrogens (tertiary/aromatic N) is 4. The molecule has 0 bridgehead atoms. The Kier molecular flexibility index (Phi) is 3.41. The summed E-state index contributed by atoms with van der Waals surface area (Å²) < 4.78 is 15.3. The van der Waals surface area contributed by atoms with E-state index >= 15 is 0 Å². The fourth-order valence-electron chi connectivity index (χ4n) is 2.02. The Bertz CT molecular complexity index is 623. The lowest BCUT2D eigenvalue weighted by Gasteiger charge is -2.07. The molecule has 1 fully saturated rings. The van der Waals surface area contributed by atoms with Gasteiger partial charge in [0.1, 0.15) is 12.2 Å². The largest absolute Gasteiger partial charge is 0.349 e. The third-order valence-electron chi connectivity index (χ3n) is 3.20. The van der Waals surface area contributed by atoms with Gasteiger partial charge < -0.3 is 9.88 Å². The van der Waals surface area contributed by atoms with Crippen LogP contribution in [0.1, 0.15) is 35.1 Å². The SMILES string of the molecule is O=C(NCCn1cnnc1C1CC1)c1ncccc1F. The first-order valence-electron chi connectivity index (χ1n) is 6.52. The van der Waals surface area contributed by atoms with Gasteiger partial charge in [-0.15, -0.1) is 10.2 Å². The minimum Gasteiger partial charge on any atom is -0.349 e. The molecule has 7 heteroatoms. The molecule has 2 heterocycles. The van der Waals surface area contributed by atoms with Crippen LogP contribution in [-0.4, -0.2) is 32.2 Å². The minimum atomic E-state index is -0.618. The first-order chi connectivity index (χ1) is 9.75. The van der Waals surface area contributed by atoms with Gasteiger partial charge in [0.15, 0.2) is 11.5 Å². The van der Waals surface area contributed by atoms with Crippen molar-refractivity contribution in [1.29, 1.82) is 0 Å². The van der Waals surface area contributed by atoms with Crippen molar-refractivity contribution in [3.8, 4) is 0 Å². The predicted octanol–water partition coefficient (Wildman–Crippen LogP) is 1.12. The van der Waals surface area contributed by atoms with Crippen LogP contribution < -0.4 is 5.32 Å². The summed E-state index contributed by atoms with van der Waals surface area (Å²) in [5, 5.41) is 10.6. The smallest absolute Gasteiger partial charge is 0.272 e. The molecule has 0 unspecified atom stereocenters. The van der Waals surface area contributed by atoms with Crippen molar-refractivity contribution in [3.05, 3.63) is 42.0 Å². The molecule has 3 rings (SSSR count). The molecule has 0 aliphatic heterocycles. The van der Waals surface area contributed by atoms with Crippen molar-refractivity contribution >= 4 is 5.91 Å².